The van der Waals surface area contributed by atoms with Crippen molar-refractivity contribution >= 4 is 39.2 Å². The molecular weight excluding hydrogens is 400 g/mol. The molecule has 3 heterocycles. The third-order valence-electron chi connectivity index (χ3n) is 5.08. The molecule has 0 spiro atoms. The number of benzene rings is 1. The molecule has 30 heavy (non-hydrogen) atoms. The molecule has 1 fully saturated rings. The zero-order valence-electron chi connectivity index (χ0n) is 16.1. The number of carbonyl (C=O) groups excluding carboxylic acids is 2. The molecule has 8 heteroatoms. The van der Waals surface area contributed by atoms with Gasteiger partial charge in [-0.3, -0.25) is 15.1 Å². The summed E-state index contributed by atoms with van der Waals surface area (Å²) in [5.41, 5.74) is 4.17. The molecule has 2 N–H and O–H groups in total. The van der Waals surface area contributed by atoms with Crippen LogP contribution in [0.5, 0.6) is 0 Å². The number of para-hydroxylation sites is 1. The van der Waals surface area contributed by atoms with Gasteiger partial charge >= 0.3 is 5.97 Å². The molecule has 0 bridgehead atoms. The number of hydrogen-bond acceptors (Lipinski definition) is 6. The largest absolute Gasteiger partial charge is 0.464 e. The van der Waals surface area contributed by atoms with Gasteiger partial charge in [0.05, 0.1) is 23.9 Å². The number of nitrogens with one attached hydrogen (secondary N) is 2. The second-order valence-electron chi connectivity index (χ2n) is 7.17. The summed E-state index contributed by atoms with van der Waals surface area (Å²) in [7, 11) is 1.33. The van der Waals surface area contributed by atoms with Crippen LogP contribution in [-0.2, 0) is 4.74 Å². The van der Waals surface area contributed by atoms with Gasteiger partial charge in [-0.25, -0.2) is 9.78 Å². The van der Waals surface area contributed by atoms with Crippen LogP contribution in [-0.4, -0.2) is 33.9 Å². The van der Waals surface area contributed by atoms with Crippen LogP contribution in [0, 0.1) is 0 Å². The van der Waals surface area contributed by atoms with Crippen molar-refractivity contribution in [1.82, 2.24) is 15.0 Å². The van der Waals surface area contributed by atoms with Gasteiger partial charge in [0.15, 0.2) is 5.13 Å². The van der Waals surface area contributed by atoms with E-state index in [-0.39, 0.29) is 5.91 Å². The summed E-state index contributed by atoms with van der Waals surface area (Å²) in [4.78, 5) is 36.8. The van der Waals surface area contributed by atoms with Crippen LogP contribution in [0.4, 0.5) is 5.13 Å². The van der Waals surface area contributed by atoms with Gasteiger partial charge in [-0.05, 0) is 31.0 Å². The van der Waals surface area contributed by atoms with E-state index in [4.69, 9.17) is 9.72 Å². The van der Waals surface area contributed by atoms with Crippen LogP contribution >= 0.6 is 11.3 Å². The number of H-pyrrole nitrogens is 1. The Labute approximate surface area is 176 Å². The van der Waals surface area contributed by atoms with E-state index in [1.54, 1.807) is 12.3 Å². The number of amides is 1. The standard InChI is InChI=1S/C22H18N4O3S/c1-29-21(28)18-8-13(10-23-18)19-11-30-22(25-19)26-20(27)15-9-17(12-6-7-12)24-16-5-3-2-4-14(15)16/h2-5,8-12,23H,6-7H2,1H3,(H,25,26,27). The summed E-state index contributed by atoms with van der Waals surface area (Å²) in [6.07, 6.45) is 3.92. The highest BCUT2D eigenvalue weighted by Gasteiger charge is 2.27. The van der Waals surface area contributed by atoms with Gasteiger partial charge in [-0.15, -0.1) is 11.3 Å². The highest BCUT2D eigenvalue weighted by atomic mass is 32.1. The lowest BCUT2D eigenvalue weighted by atomic mass is 10.1. The van der Waals surface area contributed by atoms with Crippen LogP contribution in [0.15, 0.2) is 48.0 Å². The van der Waals surface area contributed by atoms with Gasteiger partial charge in [0.1, 0.15) is 5.69 Å². The molecule has 0 aliphatic heterocycles. The molecule has 0 unspecified atom stereocenters. The zero-order valence-corrected chi connectivity index (χ0v) is 17.0. The van der Waals surface area contributed by atoms with Gasteiger partial charge in [-0.2, -0.15) is 0 Å². The van der Waals surface area contributed by atoms with Crippen molar-refractivity contribution in [2.45, 2.75) is 18.8 Å². The summed E-state index contributed by atoms with van der Waals surface area (Å²) in [5, 5.41) is 6.05. The Bertz CT molecular complexity index is 1270. The second kappa shape index (κ2) is 7.38. The first-order valence-electron chi connectivity index (χ1n) is 9.56. The van der Waals surface area contributed by atoms with Gasteiger partial charge < -0.3 is 9.72 Å². The molecule has 1 saturated carbocycles. The summed E-state index contributed by atoms with van der Waals surface area (Å²) < 4.78 is 4.71. The first-order valence-corrected chi connectivity index (χ1v) is 10.4. The molecule has 7 nitrogen and oxygen atoms in total. The minimum Gasteiger partial charge on any atom is -0.464 e. The molecule has 1 aliphatic carbocycles. The zero-order chi connectivity index (χ0) is 20.7. The number of ether oxygens (including phenoxy) is 1. The highest BCUT2D eigenvalue weighted by Crippen LogP contribution is 2.40. The number of methoxy groups -OCH3 is 1. The van der Waals surface area contributed by atoms with Crippen LogP contribution in [0.25, 0.3) is 22.2 Å². The van der Waals surface area contributed by atoms with E-state index in [0.29, 0.717) is 28.0 Å². The molecule has 1 aromatic carbocycles. The number of aromatic amines is 1. The lowest BCUT2D eigenvalue weighted by Crippen LogP contribution is -2.13. The van der Waals surface area contributed by atoms with E-state index in [1.807, 2.05) is 35.7 Å². The molecule has 0 radical (unpaired) electrons. The summed E-state index contributed by atoms with van der Waals surface area (Å²) >= 11 is 1.33. The number of thiazole rings is 1. The van der Waals surface area contributed by atoms with Crippen molar-refractivity contribution in [2.24, 2.45) is 0 Å². The van der Waals surface area contributed by atoms with Crippen LogP contribution in [0.2, 0.25) is 0 Å². The number of pyridine rings is 1. The molecule has 1 aliphatic rings. The summed E-state index contributed by atoms with van der Waals surface area (Å²) in [6.45, 7) is 0. The fourth-order valence-electron chi connectivity index (χ4n) is 3.37. The van der Waals surface area contributed by atoms with Crippen molar-refractivity contribution in [3.63, 3.8) is 0 Å². The quantitative estimate of drug-likeness (QED) is 0.462. The minimum atomic E-state index is -0.443. The number of nitrogens with zero attached hydrogens (tertiary/aromatic N) is 2. The van der Waals surface area contributed by atoms with Gasteiger partial charge in [0, 0.05) is 34.1 Å². The van der Waals surface area contributed by atoms with Crippen molar-refractivity contribution in [3.8, 4) is 11.3 Å². The number of anilines is 1. The molecule has 0 saturated heterocycles. The molecule has 150 valence electrons. The Hall–Kier alpha value is -3.52. The molecule has 4 aromatic rings. The number of fused-ring (bicyclic) bond motifs is 1. The molecule has 3 aromatic heterocycles. The Kier molecular flexibility index (Phi) is 4.55. The first kappa shape index (κ1) is 18.5. The van der Waals surface area contributed by atoms with Gasteiger partial charge in [0.2, 0.25) is 0 Å². The smallest absolute Gasteiger partial charge is 0.354 e. The van der Waals surface area contributed by atoms with Crippen molar-refractivity contribution in [2.75, 3.05) is 12.4 Å². The maximum atomic E-state index is 13.1. The number of rotatable bonds is 5. The SMILES string of the molecule is COC(=O)c1cc(-c2csc(NC(=O)c3cc(C4CC4)nc4ccccc34)n2)c[nH]1. The van der Waals surface area contributed by atoms with E-state index in [1.165, 1.54) is 18.4 Å². The molecule has 5 rings (SSSR count). The number of hydrogen-bond donors (Lipinski definition) is 2. The lowest BCUT2D eigenvalue weighted by Gasteiger charge is -2.09. The van der Waals surface area contributed by atoms with Crippen LogP contribution < -0.4 is 5.32 Å². The Morgan fingerprint density at radius 3 is 2.83 bits per heavy atom. The van der Waals surface area contributed by atoms with Gasteiger partial charge in [-0.1, -0.05) is 18.2 Å². The molecule has 0 atom stereocenters. The number of carbonyl (C=O) groups is 2. The Balaban J connectivity index is 1.41. The van der Waals surface area contributed by atoms with E-state index >= 15 is 0 Å². The minimum absolute atomic E-state index is 0.208. The van der Waals surface area contributed by atoms with Crippen molar-refractivity contribution in [1.29, 1.82) is 0 Å². The number of esters is 1. The van der Waals surface area contributed by atoms with E-state index < -0.39 is 5.97 Å². The van der Waals surface area contributed by atoms with Crippen molar-refractivity contribution in [3.05, 3.63) is 64.9 Å². The Morgan fingerprint density at radius 1 is 1.20 bits per heavy atom. The average molecular weight is 418 g/mol. The topological polar surface area (TPSA) is 97.0 Å². The summed E-state index contributed by atoms with van der Waals surface area (Å²) in [5.74, 6) is -0.202. The second-order valence-corrected chi connectivity index (χ2v) is 8.03. The maximum absolute atomic E-state index is 13.1. The predicted molar refractivity (Wildman–Crippen MR) is 115 cm³/mol. The maximum Gasteiger partial charge on any atom is 0.354 e. The van der Waals surface area contributed by atoms with Crippen LogP contribution in [0.3, 0.4) is 0 Å². The normalized spacial score (nSPS) is 13.4. The Morgan fingerprint density at radius 2 is 2.03 bits per heavy atom. The highest BCUT2D eigenvalue weighted by molar-refractivity contribution is 7.14. The van der Waals surface area contributed by atoms with E-state index in [0.717, 1.165) is 35.0 Å². The first-order chi connectivity index (χ1) is 14.6. The van der Waals surface area contributed by atoms with Crippen LogP contribution in [0.1, 0.15) is 45.3 Å². The molecular formula is C22H18N4O3S. The lowest BCUT2D eigenvalue weighted by molar-refractivity contribution is 0.0594. The van der Waals surface area contributed by atoms with Crippen molar-refractivity contribution < 1.29 is 14.3 Å². The molecule has 1 amide bonds. The third-order valence-corrected chi connectivity index (χ3v) is 5.84. The fraction of sp³-hybridized carbons (Fsp3) is 0.182. The van der Waals surface area contributed by atoms with E-state index in [9.17, 15) is 9.59 Å². The van der Waals surface area contributed by atoms with E-state index in [2.05, 4.69) is 15.3 Å². The monoisotopic (exact) mass is 418 g/mol. The average Bonchev–Trinajstić information content (AvgIpc) is 3.32. The predicted octanol–water partition coefficient (Wildman–Crippen LogP) is 4.60. The fourth-order valence-corrected chi connectivity index (χ4v) is 4.08. The van der Waals surface area contributed by atoms with Gasteiger partial charge in [0.25, 0.3) is 5.91 Å². The summed E-state index contributed by atoms with van der Waals surface area (Å²) in [6, 6.07) is 11.3. The third kappa shape index (κ3) is 3.46. The number of aromatic nitrogens is 3.